The average molecular weight is 381 g/mol. The summed E-state index contributed by atoms with van der Waals surface area (Å²) in [5, 5.41) is 0. The summed E-state index contributed by atoms with van der Waals surface area (Å²) in [6.07, 6.45) is 6.95. The lowest BCUT2D eigenvalue weighted by Gasteiger charge is -2.27. The molecule has 0 amide bonds. The highest BCUT2D eigenvalue weighted by atomic mass is 16.7. The van der Waals surface area contributed by atoms with Gasteiger partial charge in [0.1, 0.15) is 11.4 Å². The predicted octanol–water partition coefficient (Wildman–Crippen LogP) is 6.49. The van der Waals surface area contributed by atoms with Crippen LogP contribution in [0.25, 0.3) is 12.2 Å². The van der Waals surface area contributed by atoms with Crippen LogP contribution in [0.4, 0.5) is 0 Å². The van der Waals surface area contributed by atoms with Crippen molar-refractivity contribution in [1.29, 1.82) is 0 Å². The van der Waals surface area contributed by atoms with E-state index in [2.05, 4.69) is 44.7 Å². The Morgan fingerprint density at radius 1 is 0.964 bits per heavy atom. The highest BCUT2D eigenvalue weighted by Gasteiger charge is 2.20. The van der Waals surface area contributed by atoms with E-state index in [-0.39, 0.29) is 11.9 Å². The van der Waals surface area contributed by atoms with E-state index >= 15 is 0 Å². The van der Waals surface area contributed by atoms with E-state index in [0.29, 0.717) is 6.61 Å². The van der Waals surface area contributed by atoms with Crippen LogP contribution in [-0.4, -0.2) is 18.5 Å². The molecule has 0 fully saturated rings. The number of benzene rings is 2. The third-order valence-corrected chi connectivity index (χ3v) is 4.30. The normalized spacial score (nSPS) is 12.7. The third kappa shape index (κ3) is 7.24. The summed E-state index contributed by atoms with van der Waals surface area (Å²) in [4.78, 5) is 0. The minimum atomic E-state index is -0.304. The van der Waals surface area contributed by atoms with Crippen molar-refractivity contribution in [2.45, 2.75) is 52.4 Å². The Bertz CT molecular complexity index is 742. The number of hydrogen-bond donors (Lipinski definition) is 0. The van der Waals surface area contributed by atoms with Crippen molar-refractivity contribution in [3.8, 4) is 5.75 Å². The third-order valence-electron chi connectivity index (χ3n) is 4.30. The molecule has 0 aromatic heterocycles. The van der Waals surface area contributed by atoms with Gasteiger partial charge in [-0.15, -0.1) is 0 Å². The van der Waals surface area contributed by atoms with E-state index in [1.165, 1.54) is 5.56 Å². The summed E-state index contributed by atoms with van der Waals surface area (Å²) in [6, 6.07) is 16.4. The fraction of sp³-hybridized carbons (Fsp3) is 0.360. The summed E-state index contributed by atoms with van der Waals surface area (Å²) >= 11 is 0. The lowest BCUT2D eigenvalue weighted by molar-refractivity contribution is -0.102. The van der Waals surface area contributed by atoms with Crippen LogP contribution in [0.3, 0.4) is 0 Å². The summed E-state index contributed by atoms with van der Waals surface area (Å²) in [5.74, 6) is 0.868. The van der Waals surface area contributed by atoms with Gasteiger partial charge >= 0.3 is 0 Å². The Morgan fingerprint density at radius 2 is 1.61 bits per heavy atom. The Balaban J connectivity index is 1.91. The van der Waals surface area contributed by atoms with Gasteiger partial charge in [-0.1, -0.05) is 56.0 Å². The summed E-state index contributed by atoms with van der Waals surface area (Å²) in [5.41, 5.74) is 3.10. The summed E-state index contributed by atoms with van der Waals surface area (Å²) < 4.78 is 17.3. The molecular weight excluding hydrogens is 348 g/mol. The molecule has 2 aromatic rings. The highest BCUT2D eigenvalue weighted by Crippen LogP contribution is 2.23. The van der Waals surface area contributed by atoms with Gasteiger partial charge in [0.2, 0.25) is 0 Å². The first kappa shape index (κ1) is 21.8. The van der Waals surface area contributed by atoms with Gasteiger partial charge < -0.3 is 14.2 Å². The van der Waals surface area contributed by atoms with Crippen LogP contribution in [0.2, 0.25) is 0 Å². The molecule has 0 saturated carbocycles. The van der Waals surface area contributed by atoms with E-state index in [1.807, 2.05) is 50.3 Å². The van der Waals surface area contributed by atoms with E-state index < -0.39 is 0 Å². The zero-order valence-electron chi connectivity index (χ0n) is 17.5. The maximum atomic E-state index is 6.18. The number of ether oxygens (including phenoxy) is 3. The molecule has 1 unspecified atom stereocenters. The van der Waals surface area contributed by atoms with Crippen molar-refractivity contribution in [2.75, 3.05) is 6.61 Å². The second kappa shape index (κ2) is 10.7. The minimum Gasteiger partial charge on any atom is -0.488 e. The maximum absolute atomic E-state index is 6.18. The Hall–Kier alpha value is -2.52. The van der Waals surface area contributed by atoms with Gasteiger partial charge in [0.15, 0.2) is 6.29 Å². The van der Waals surface area contributed by atoms with Crippen LogP contribution in [0.5, 0.6) is 5.75 Å². The molecule has 0 heterocycles. The topological polar surface area (TPSA) is 27.7 Å². The second-order valence-electron chi connectivity index (χ2n) is 7.29. The fourth-order valence-electron chi connectivity index (χ4n) is 2.91. The van der Waals surface area contributed by atoms with Crippen molar-refractivity contribution >= 4 is 12.2 Å². The molecule has 0 aliphatic rings. The molecule has 0 bridgehead atoms. The molecule has 2 aromatic carbocycles. The first-order chi connectivity index (χ1) is 13.5. The summed E-state index contributed by atoms with van der Waals surface area (Å²) in [7, 11) is 0. The molecule has 1 atom stereocenters. The van der Waals surface area contributed by atoms with Crippen molar-refractivity contribution in [1.82, 2.24) is 0 Å². The SMILES string of the molecule is C=Cc1ccc(OC(C)(C)Cc2ccc(C=COC(CC)OCC)cc2)cc1. The van der Waals surface area contributed by atoms with Gasteiger partial charge in [0, 0.05) is 19.4 Å². The van der Waals surface area contributed by atoms with Crippen molar-refractivity contribution in [3.05, 3.63) is 78.1 Å². The molecular formula is C25H32O3. The Kier molecular flexibility index (Phi) is 8.34. The Morgan fingerprint density at radius 3 is 2.18 bits per heavy atom. The lowest BCUT2D eigenvalue weighted by atomic mass is 9.97. The monoisotopic (exact) mass is 380 g/mol. The summed E-state index contributed by atoms with van der Waals surface area (Å²) in [6.45, 7) is 12.7. The van der Waals surface area contributed by atoms with Gasteiger partial charge in [0.05, 0.1) is 6.26 Å². The zero-order chi connectivity index (χ0) is 20.4. The quantitative estimate of drug-likeness (QED) is 0.329. The minimum absolute atomic E-state index is 0.181. The van der Waals surface area contributed by atoms with Crippen LogP contribution in [0, 0.1) is 0 Å². The van der Waals surface area contributed by atoms with E-state index in [9.17, 15) is 0 Å². The smallest absolute Gasteiger partial charge is 0.198 e. The van der Waals surface area contributed by atoms with E-state index in [0.717, 1.165) is 29.7 Å². The first-order valence-corrected chi connectivity index (χ1v) is 9.90. The molecule has 0 N–H and O–H groups in total. The van der Waals surface area contributed by atoms with Gasteiger partial charge in [-0.3, -0.25) is 0 Å². The largest absolute Gasteiger partial charge is 0.488 e. The van der Waals surface area contributed by atoms with Crippen LogP contribution in [-0.2, 0) is 15.9 Å². The van der Waals surface area contributed by atoms with Crippen LogP contribution < -0.4 is 4.74 Å². The second-order valence-corrected chi connectivity index (χ2v) is 7.29. The standard InChI is InChI=1S/C25H32O3/c1-6-20-13-15-23(16-14-20)28-25(4,5)19-22-11-9-21(10-12-22)17-18-27-24(7-2)26-8-3/h6,9-18,24H,1,7-8,19H2,2-5H3. The predicted molar refractivity (Wildman–Crippen MR) is 117 cm³/mol. The maximum Gasteiger partial charge on any atom is 0.198 e. The molecule has 0 radical (unpaired) electrons. The van der Waals surface area contributed by atoms with E-state index in [1.54, 1.807) is 6.26 Å². The van der Waals surface area contributed by atoms with Gasteiger partial charge in [-0.05, 0) is 55.7 Å². The molecule has 150 valence electrons. The molecule has 3 heteroatoms. The first-order valence-electron chi connectivity index (χ1n) is 9.90. The van der Waals surface area contributed by atoms with Crippen molar-refractivity contribution in [2.24, 2.45) is 0 Å². The van der Waals surface area contributed by atoms with Crippen LogP contribution in [0.15, 0.2) is 61.4 Å². The van der Waals surface area contributed by atoms with Gasteiger partial charge in [-0.25, -0.2) is 0 Å². The molecule has 3 nitrogen and oxygen atoms in total. The van der Waals surface area contributed by atoms with Crippen molar-refractivity contribution in [3.63, 3.8) is 0 Å². The van der Waals surface area contributed by atoms with Gasteiger partial charge in [0.25, 0.3) is 0 Å². The van der Waals surface area contributed by atoms with Gasteiger partial charge in [-0.2, -0.15) is 0 Å². The molecule has 0 aliphatic carbocycles. The zero-order valence-corrected chi connectivity index (χ0v) is 17.5. The Labute approximate surface area is 169 Å². The lowest BCUT2D eigenvalue weighted by Crippen LogP contribution is -2.30. The molecule has 0 aliphatic heterocycles. The van der Waals surface area contributed by atoms with E-state index in [4.69, 9.17) is 14.2 Å². The molecule has 0 saturated heterocycles. The molecule has 2 rings (SSSR count). The van der Waals surface area contributed by atoms with Crippen LogP contribution in [0.1, 0.15) is 50.8 Å². The highest BCUT2D eigenvalue weighted by molar-refractivity contribution is 5.49. The average Bonchev–Trinajstić information content (AvgIpc) is 2.68. The number of rotatable bonds is 11. The molecule has 28 heavy (non-hydrogen) atoms. The fourth-order valence-corrected chi connectivity index (χ4v) is 2.91. The van der Waals surface area contributed by atoms with Crippen LogP contribution >= 0.6 is 0 Å². The molecule has 0 spiro atoms. The van der Waals surface area contributed by atoms with Crippen molar-refractivity contribution < 1.29 is 14.2 Å². The number of hydrogen-bond acceptors (Lipinski definition) is 3.